The minimum absolute atomic E-state index is 0.0661. The summed E-state index contributed by atoms with van der Waals surface area (Å²) in [5, 5.41) is 13.1. The highest BCUT2D eigenvalue weighted by molar-refractivity contribution is 6.28. The summed E-state index contributed by atoms with van der Waals surface area (Å²) in [4.78, 5) is 33.3. The van der Waals surface area contributed by atoms with E-state index >= 15 is 4.39 Å². The Hall–Kier alpha value is -2.24. The molecule has 0 bridgehead atoms. The first-order valence-corrected chi connectivity index (χ1v) is 11.3. The molecule has 1 saturated heterocycles. The number of anilines is 2. The number of nitrogens with one attached hydrogen (secondary N) is 3. The molecule has 12 heteroatoms. The predicted octanol–water partition coefficient (Wildman–Crippen LogP) is 1.80. The summed E-state index contributed by atoms with van der Waals surface area (Å²) in [5.41, 5.74) is 4.96. The molecule has 2 fully saturated rings. The smallest absolute Gasteiger partial charge is 0.243 e. The molecule has 1 saturated carbocycles. The van der Waals surface area contributed by atoms with Crippen LogP contribution in [0, 0.1) is 23.6 Å². The largest absolute Gasteiger partial charge is 0.352 e. The van der Waals surface area contributed by atoms with Gasteiger partial charge in [0.05, 0.1) is 12.5 Å². The zero-order valence-corrected chi connectivity index (χ0v) is 19.1. The Morgan fingerprint density at radius 1 is 1.38 bits per heavy atom. The fourth-order valence-electron chi connectivity index (χ4n) is 4.62. The van der Waals surface area contributed by atoms with Crippen molar-refractivity contribution in [3.05, 3.63) is 11.1 Å². The Balaban J connectivity index is 1.69. The molecule has 10 nitrogen and oxygen atoms in total. The van der Waals surface area contributed by atoms with Gasteiger partial charge >= 0.3 is 0 Å². The van der Waals surface area contributed by atoms with Gasteiger partial charge in [0, 0.05) is 19.1 Å². The number of amides is 2. The van der Waals surface area contributed by atoms with Crippen LogP contribution in [0.25, 0.3) is 0 Å². The molecule has 3 atom stereocenters. The quantitative estimate of drug-likeness (QED) is 0.176. The second-order valence-corrected chi connectivity index (χ2v) is 9.02. The molecule has 1 aliphatic carbocycles. The molecule has 1 aromatic rings. The highest BCUT2D eigenvalue weighted by Gasteiger charge is 2.32. The molecule has 2 heterocycles. The molecular formula is C20H31ClFN7O3. The number of aromatic nitrogens is 2. The van der Waals surface area contributed by atoms with Crippen LogP contribution in [0.15, 0.2) is 0 Å². The molecule has 178 valence electrons. The van der Waals surface area contributed by atoms with Gasteiger partial charge in [-0.3, -0.25) is 25.6 Å². The maximum atomic E-state index is 15.2. The summed E-state index contributed by atoms with van der Waals surface area (Å²) in [6.45, 7) is 3.08. The molecular weight excluding hydrogens is 441 g/mol. The normalized spacial score (nSPS) is 22.1. The minimum atomic E-state index is -0.720. The molecule has 2 amide bonds. The number of hydroxylamine groups is 2. The van der Waals surface area contributed by atoms with Crippen LogP contribution in [0.3, 0.4) is 0 Å². The monoisotopic (exact) mass is 471 g/mol. The Labute approximate surface area is 191 Å². The molecule has 3 rings (SSSR count). The molecule has 1 unspecified atom stereocenters. The first-order chi connectivity index (χ1) is 15.3. The van der Waals surface area contributed by atoms with Crippen LogP contribution in [0.2, 0.25) is 5.28 Å². The standard InChI is InChI=1S/C20H31ClFN7O3/c1-12-8-28(10-15(12)23-2)18-16(22)17(24-20(21)25-18)26-27-19(31)14(9-29(32)11-30)7-13-5-3-4-6-13/h11-15,23,32H,3-10H2,1-2H3,(H,27,31)(H,24,25,26)/t12?,14-,15+/m1/s1. The van der Waals surface area contributed by atoms with E-state index in [0.29, 0.717) is 36.4 Å². The SMILES string of the molecule is CN[C@H]1CN(c2nc(Cl)nc(NNC(=O)[C@H](CC3CCCC3)CN(O)C=O)c2F)CC1C. The lowest BCUT2D eigenvalue weighted by molar-refractivity contribution is -0.154. The topological polar surface area (TPSA) is 123 Å². The Morgan fingerprint density at radius 3 is 2.72 bits per heavy atom. The van der Waals surface area contributed by atoms with Crippen LogP contribution in [0.1, 0.15) is 39.0 Å². The number of halogens is 2. The maximum Gasteiger partial charge on any atom is 0.243 e. The van der Waals surface area contributed by atoms with Gasteiger partial charge in [0.1, 0.15) is 0 Å². The summed E-state index contributed by atoms with van der Waals surface area (Å²) < 4.78 is 15.2. The number of likely N-dealkylation sites (N-methyl/N-ethyl adjacent to an activating group) is 1. The van der Waals surface area contributed by atoms with Crippen molar-refractivity contribution < 1.29 is 19.2 Å². The molecule has 0 spiro atoms. The lowest BCUT2D eigenvalue weighted by Crippen LogP contribution is -2.41. The molecule has 0 aromatic carbocycles. The first kappa shape index (κ1) is 24.4. The van der Waals surface area contributed by atoms with E-state index in [1.165, 1.54) is 0 Å². The van der Waals surface area contributed by atoms with E-state index in [0.717, 1.165) is 25.7 Å². The van der Waals surface area contributed by atoms with E-state index < -0.39 is 17.6 Å². The van der Waals surface area contributed by atoms with Crippen molar-refractivity contribution in [2.24, 2.45) is 17.8 Å². The Bertz CT molecular complexity index is 812. The van der Waals surface area contributed by atoms with E-state index in [1.54, 1.807) is 4.90 Å². The molecule has 2 aliphatic rings. The number of hydrazine groups is 1. The summed E-state index contributed by atoms with van der Waals surface area (Å²) >= 11 is 6.02. The van der Waals surface area contributed by atoms with Crippen molar-refractivity contribution in [2.45, 2.75) is 45.1 Å². The van der Waals surface area contributed by atoms with Crippen LogP contribution >= 0.6 is 11.6 Å². The van der Waals surface area contributed by atoms with E-state index in [2.05, 4.69) is 33.1 Å². The van der Waals surface area contributed by atoms with Crippen molar-refractivity contribution in [2.75, 3.05) is 37.0 Å². The number of hydrogen-bond acceptors (Lipinski definition) is 8. The first-order valence-electron chi connectivity index (χ1n) is 10.9. The molecule has 1 aliphatic heterocycles. The highest BCUT2D eigenvalue weighted by atomic mass is 35.5. The van der Waals surface area contributed by atoms with Gasteiger partial charge < -0.3 is 10.2 Å². The second-order valence-electron chi connectivity index (χ2n) is 8.68. The number of carbonyl (C=O) groups is 2. The van der Waals surface area contributed by atoms with Gasteiger partial charge in [0.25, 0.3) is 0 Å². The van der Waals surface area contributed by atoms with Crippen molar-refractivity contribution in [3.63, 3.8) is 0 Å². The van der Waals surface area contributed by atoms with Crippen LogP contribution in [0.5, 0.6) is 0 Å². The minimum Gasteiger partial charge on any atom is -0.352 e. The second kappa shape index (κ2) is 11.1. The molecule has 4 N–H and O–H groups in total. The molecule has 0 radical (unpaired) electrons. The van der Waals surface area contributed by atoms with Crippen LogP contribution in [0.4, 0.5) is 16.0 Å². The average Bonchev–Trinajstić information content (AvgIpc) is 3.42. The van der Waals surface area contributed by atoms with Gasteiger partial charge in [0.15, 0.2) is 11.6 Å². The van der Waals surface area contributed by atoms with Crippen molar-refractivity contribution in [1.82, 2.24) is 25.8 Å². The molecule has 32 heavy (non-hydrogen) atoms. The Morgan fingerprint density at radius 2 is 2.09 bits per heavy atom. The summed E-state index contributed by atoms with van der Waals surface area (Å²) in [6, 6.07) is 0.190. The van der Waals surface area contributed by atoms with Gasteiger partial charge in [-0.25, -0.2) is 5.06 Å². The van der Waals surface area contributed by atoms with Crippen LogP contribution < -0.4 is 21.1 Å². The van der Waals surface area contributed by atoms with Crippen molar-refractivity contribution >= 4 is 35.6 Å². The van der Waals surface area contributed by atoms with E-state index in [9.17, 15) is 14.8 Å². The zero-order valence-electron chi connectivity index (χ0n) is 18.4. The van der Waals surface area contributed by atoms with E-state index in [4.69, 9.17) is 11.6 Å². The summed E-state index contributed by atoms with van der Waals surface area (Å²) in [5.74, 6) is -1.39. The third-order valence-corrected chi connectivity index (χ3v) is 6.55. The van der Waals surface area contributed by atoms with E-state index in [-0.39, 0.29) is 35.9 Å². The number of rotatable bonds is 10. The zero-order chi connectivity index (χ0) is 23.3. The lowest BCUT2D eigenvalue weighted by atomic mass is 9.92. The fourth-order valence-corrected chi connectivity index (χ4v) is 4.79. The number of nitrogens with zero attached hydrogens (tertiary/aromatic N) is 4. The number of carbonyl (C=O) groups excluding carboxylic acids is 2. The summed E-state index contributed by atoms with van der Waals surface area (Å²) in [6.07, 6.45) is 4.99. The number of hydrogen-bond donors (Lipinski definition) is 4. The van der Waals surface area contributed by atoms with Crippen molar-refractivity contribution in [1.29, 1.82) is 0 Å². The summed E-state index contributed by atoms with van der Waals surface area (Å²) in [7, 11) is 1.86. The Kier molecular flexibility index (Phi) is 8.44. The third kappa shape index (κ3) is 5.96. The van der Waals surface area contributed by atoms with Crippen molar-refractivity contribution in [3.8, 4) is 0 Å². The maximum absolute atomic E-state index is 15.2. The van der Waals surface area contributed by atoms with Gasteiger partial charge in [-0.2, -0.15) is 14.4 Å². The van der Waals surface area contributed by atoms with E-state index in [1.807, 2.05) is 7.05 Å². The van der Waals surface area contributed by atoms with Crippen LogP contribution in [-0.2, 0) is 9.59 Å². The third-order valence-electron chi connectivity index (χ3n) is 6.39. The lowest BCUT2D eigenvalue weighted by Gasteiger charge is -2.23. The average molecular weight is 472 g/mol. The predicted molar refractivity (Wildman–Crippen MR) is 118 cm³/mol. The van der Waals surface area contributed by atoms with Gasteiger partial charge in [0.2, 0.25) is 23.4 Å². The van der Waals surface area contributed by atoms with Gasteiger partial charge in [-0.1, -0.05) is 32.6 Å². The fraction of sp³-hybridized carbons (Fsp3) is 0.700. The van der Waals surface area contributed by atoms with Crippen LogP contribution in [-0.4, -0.2) is 65.3 Å². The van der Waals surface area contributed by atoms with Gasteiger partial charge in [-0.05, 0) is 36.9 Å². The highest BCUT2D eigenvalue weighted by Crippen LogP contribution is 2.31. The van der Waals surface area contributed by atoms with Gasteiger partial charge in [-0.15, -0.1) is 0 Å². The molecule has 1 aromatic heterocycles.